The molecule has 7 heteroatoms. The van der Waals surface area contributed by atoms with Gasteiger partial charge in [0.1, 0.15) is 11.5 Å². The molecule has 10 atom stereocenters. The maximum Gasteiger partial charge on any atom is 0.254 e. The van der Waals surface area contributed by atoms with E-state index in [1.54, 1.807) is 14.2 Å². The molecule has 2 heterocycles. The van der Waals surface area contributed by atoms with Gasteiger partial charge in [0, 0.05) is 45.6 Å². The van der Waals surface area contributed by atoms with Crippen LogP contribution in [0.15, 0.2) is 36.4 Å². The zero-order valence-electron chi connectivity index (χ0n) is 19.3. The van der Waals surface area contributed by atoms with E-state index >= 15 is 0 Å². The molecule has 0 amide bonds. The zero-order chi connectivity index (χ0) is 24.0. The maximum atomic E-state index is 13.4. The Labute approximate surface area is 212 Å². The van der Waals surface area contributed by atoms with Gasteiger partial charge in [-0.05, 0) is 59.7 Å². The summed E-state index contributed by atoms with van der Waals surface area (Å²) in [5, 5.41) is 0.992. The Morgan fingerprint density at radius 1 is 0.800 bits per heavy atom. The van der Waals surface area contributed by atoms with E-state index in [-0.39, 0.29) is 47.3 Å². The highest BCUT2D eigenvalue weighted by Gasteiger charge is 2.87. The molecule has 8 rings (SSSR count). The molecule has 2 saturated heterocycles. The van der Waals surface area contributed by atoms with Crippen molar-refractivity contribution in [3.05, 3.63) is 47.5 Å². The van der Waals surface area contributed by atoms with Crippen LogP contribution in [0, 0.1) is 35.5 Å². The van der Waals surface area contributed by atoms with E-state index in [0.717, 1.165) is 46.2 Å². The molecule has 0 spiro atoms. The number of rotatable bonds is 4. The van der Waals surface area contributed by atoms with Crippen LogP contribution in [-0.4, -0.2) is 35.9 Å². The van der Waals surface area contributed by atoms with Crippen molar-refractivity contribution in [1.29, 1.82) is 0 Å². The van der Waals surface area contributed by atoms with Gasteiger partial charge in [-0.3, -0.25) is 9.59 Å². The van der Waals surface area contributed by atoms with Crippen LogP contribution in [-0.2, 0) is 14.3 Å². The van der Waals surface area contributed by atoms with Crippen LogP contribution in [0.3, 0.4) is 0 Å². The Bertz CT molecular complexity index is 1300. The molecule has 5 nitrogen and oxygen atoms in total. The van der Waals surface area contributed by atoms with Crippen LogP contribution in [0.2, 0.25) is 0 Å². The quantitative estimate of drug-likeness (QED) is 0.419. The second kappa shape index (κ2) is 6.42. The van der Waals surface area contributed by atoms with Crippen LogP contribution in [0.25, 0.3) is 10.8 Å². The normalized spacial score (nSPS) is 44.6. The van der Waals surface area contributed by atoms with Gasteiger partial charge in [0.25, 0.3) is 10.5 Å². The Hall–Kier alpha value is -2.08. The van der Waals surface area contributed by atoms with Gasteiger partial charge in [0.15, 0.2) is 11.2 Å². The van der Waals surface area contributed by atoms with E-state index in [4.69, 9.17) is 37.4 Å². The van der Waals surface area contributed by atoms with E-state index in [0.29, 0.717) is 0 Å². The summed E-state index contributed by atoms with van der Waals surface area (Å²) in [6.45, 7) is 0. The second-order valence-corrected chi connectivity index (χ2v) is 11.9. The third kappa shape index (κ3) is 1.99. The number of allylic oxidation sites excluding steroid dienone is 2. The van der Waals surface area contributed by atoms with Gasteiger partial charge in [-0.2, -0.15) is 0 Å². The second-order valence-electron chi connectivity index (χ2n) is 11.2. The fourth-order valence-electron chi connectivity index (χ4n) is 9.98. The van der Waals surface area contributed by atoms with Gasteiger partial charge in [0.2, 0.25) is 0 Å². The largest absolute Gasteiger partial charge is 0.496 e. The molecule has 2 aromatic rings. The molecule has 35 heavy (non-hydrogen) atoms. The minimum Gasteiger partial charge on any atom is -0.496 e. The smallest absolute Gasteiger partial charge is 0.254 e. The number of hydrogen-bond acceptors (Lipinski definition) is 5. The average molecular weight is 511 g/mol. The minimum absolute atomic E-state index is 0.0295. The van der Waals surface area contributed by atoms with Gasteiger partial charge in [-0.25, -0.2) is 0 Å². The standard InChI is InChI=1S/C28H24Cl2O5/c1-33-23-13-5-3-4-6-14(13)24(34-2)18-16-10-15(17(18)23)21-22(16)28(26(30)32)20-12-8-7-11(9-12)19(20)27(21,35-28)25(29)31/h3-8,11-12,15-16,19-22H,9-10H2,1-2H3. The van der Waals surface area contributed by atoms with Crippen molar-refractivity contribution in [2.75, 3.05) is 14.2 Å². The topological polar surface area (TPSA) is 61.8 Å². The molecular weight excluding hydrogens is 487 g/mol. The van der Waals surface area contributed by atoms with E-state index in [1.165, 1.54) is 0 Å². The molecule has 0 radical (unpaired) electrons. The Morgan fingerprint density at radius 3 is 1.66 bits per heavy atom. The predicted molar refractivity (Wildman–Crippen MR) is 130 cm³/mol. The van der Waals surface area contributed by atoms with Gasteiger partial charge >= 0.3 is 0 Å². The predicted octanol–water partition coefficient (Wildman–Crippen LogP) is 5.16. The van der Waals surface area contributed by atoms with E-state index in [2.05, 4.69) is 12.2 Å². The van der Waals surface area contributed by atoms with Crippen molar-refractivity contribution in [3.63, 3.8) is 0 Å². The number of fused-ring (bicyclic) bond motifs is 20. The first-order valence-corrected chi connectivity index (χ1v) is 13.1. The summed E-state index contributed by atoms with van der Waals surface area (Å²) >= 11 is 13.0. The van der Waals surface area contributed by atoms with Crippen molar-refractivity contribution in [2.24, 2.45) is 35.5 Å². The SMILES string of the molecule is COc1c2c(c(OC)c3ccccc13)C1CC2C2C1C1(C(=O)Cl)OC2(C(=O)Cl)C2C3C=CC(C3)C21. The third-order valence-corrected chi connectivity index (χ3v) is 11.1. The number of halogens is 2. The highest BCUT2D eigenvalue weighted by Crippen LogP contribution is 2.82. The molecule has 6 aliphatic rings. The summed E-state index contributed by atoms with van der Waals surface area (Å²) in [4.78, 5) is 26.9. The molecule has 2 aromatic carbocycles. The Balaban J connectivity index is 1.45. The molecule has 0 aromatic heterocycles. The summed E-state index contributed by atoms with van der Waals surface area (Å²) in [6, 6.07) is 8.07. The van der Waals surface area contributed by atoms with E-state index in [1.807, 2.05) is 24.3 Å². The van der Waals surface area contributed by atoms with Crippen LogP contribution >= 0.6 is 23.2 Å². The number of carbonyl (C=O) groups excluding carboxylic acids is 2. The Kier molecular flexibility index (Phi) is 3.86. The fraction of sp³-hybridized carbons (Fsp3) is 0.500. The maximum absolute atomic E-state index is 13.4. The average Bonchev–Trinajstić information content (AvgIpc) is 3.66. The van der Waals surface area contributed by atoms with Crippen molar-refractivity contribution in [1.82, 2.24) is 0 Å². The van der Waals surface area contributed by atoms with Crippen molar-refractivity contribution in [3.8, 4) is 11.5 Å². The van der Waals surface area contributed by atoms with Crippen LogP contribution in [0.5, 0.6) is 11.5 Å². The van der Waals surface area contributed by atoms with Crippen LogP contribution in [0.1, 0.15) is 35.8 Å². The summed E-state index contributed by atoms with van der Waals surface area (Å²) in [5.41, 5.74) is -0.274. The molecule has 2 saturated carbocycles. The summed E-state index contributed by atoms with van der Waals surface area (Å²) in [7, 11) is 3.39. The molecule has 4 fully saturated rings. The van der Waals surface area contributed by atoms with Gasteiger partial charge in [-0.15, -0.1) is 0 Å². The third-order valence-electron chi connectivity index (χ3n) is 10.5. The monoisotopic (exact) mass is 510 g/mol. The molecular formula is C28H24Cl2O5. The number of benzene rings is 2. The lowest BCUT2D eigenvalue weighted by Gasteiger charge is -2.48. The number of methoxy groups -OCH3 is 2. The van der Waals surface area contributed by atoms with Crippen LogP contribution in [0.4, 0.5) is 0 Å². The molecule has 4 aliphatic carbocycles. The lowest BCUT2D eigenvalue weighted by atomic mass is 9.51. The van der Waals surface area contributed by atoms with E-state index in [9.17, 15) is 9.59 Å². The molecule has 180 valence electrons. The summed E-state index contributed by atoms with van der Waals surface area (Å²) in [6.07, 6.45) is 6.11. The number of carbonyl (C=O) groups is 2. The summed E-state index contributed by atoms with van der Waals surface area (Å²) < 4.78 is 18.8. The highest BCUT2D eigenvalue weighted by molar-refractivity contribution is 6.67. The molecule has 6 bridgehead atoms. The summed E-state index contributed by atoms with van der Waals surface area (Å²) in [5.74, 6) is 1.25. The van der Waals surface area contributed by atoms with Crippen molar-refractivity contribution >= 4 is 44.5 Å². The van der Waals surface area contributed by atoms with Crippen molar-refractivity contribution in [2.45, 2.75) is 35.9 Å². The van der Waals surface area contributed by atoms with Crippen molar-refractivity contribution < 1.29 is 23.8 Å². The molecule has 10 unspecified atom stereocenters. The first-order valence-electron chi connectivity index (χ1n) is 12.4. The number of ether oxygens (including phenoxy) is 3. The fourth-order valence-corrected chi connectivity index (χ4v) is 10.6. The zero-order valence-corrected chi connectivity index (χ0v) is 20.8. The van der Waals surface area contributed by atoms with Crippen LogP contribution < -0.4 is 9.47 Å². The molecule has 0 N–H and O–H groups in total. The van der Waals surface area contributed by atoms with Gasteiger partial charge < -0.3 is 14.2 Å². The lowest BCUT2D eigenvalue weighted by Crippen LogP contribution is -2.58. The highest BCUT2D eigenvalue weighted by atomic mass is 35.5. The first kappa shape index (κ1) is 21.0. The minimum atomic E-state index is -1.22. The number of hydrogen-bond donors (Lipinski definition) is 0. The van der Waals surface area contributed by atoms with Gasteiger partial charge in [0.05, 0.1) is 14.2 Å². The Morgan fingerprint density at radius 2 is 1.26 bits per heavy atom. The molecule has 2 aliphatic heterocycles. The van der Waals surface area contributed by atoms with E-state index < -0.39 is 21.7 Å². The first-order chi connectivity index (χ1) is 16.9. The lowest BCUT2D eigenvalue weighted by molar-refractivity contribution is -0.151. The van der Waals surface area contributed by atoms with Gasteiger partial charge in [-0.1, -0.05) is 36.4 Å².